The van der Waals surface area contributed by atoms with Crippen LogP contribution in [0.3, 0.4) is 0 Å². The van der Waals surface area contributed by atoms with Gasteiger partial charge in [-0.05, 0) is 58.6 Å². The van der Waals surface area contributed by atoms with Gasteiger partial charge in [-0.1, -0.05) is 19.3 Å². The van der Waals surface area contributed by atoms with Gasteiger partial charge < -0.3 is 9.16 Å². The van der Waals surface area contributed by atoms with E-state index in [1.807, 2.05) is 13.8 Å². The van der Waals surface area contributed by atoms with Gasteiger partial charge in [-0.2, -0.15) is 0 Å². The quantitative estimate of drug-likeness (QED) is 0.322. The van der Waals surface area contributed by atoms with Crippen molar-refractivity contribution in [2.24, 2.45) is 0 Å². The normalized spacial score (nSPS) is 11.4. The molecular weight excluding hydrogens is 345 g/mol. The molecule has 1 rings (SSSR count). The minimum Gasteiger partial charge on any atom is -0.422 e. The maximum absolute atomic E-state index is 13.5. The predicted molar refractivity (Wildman–Crippen MR) is 96.2 cm³/mol. The van der Waals surface area contributed by atoms with Crippen LogP contribution in [0.2, 0.25) is 0 Å². The molecule has 0 N–H and O–H groups in total. The lowest BCUT2D eigenvalue weighted by Gasteiger charge is -2.27. The Balaban J connectivity index is 0.00000178. The van der Waals surface area contributed by atoms with E-state index in [9.17, 15) is 13.2 Å². The van der Waals surface area contributed by atoms with E-state index in [1.54, 1.807) is 0 Å². The molecule has 0 saturated carbocycles. The fraction of sp³-hybridized carbons (Fsp3) is 0.684. The Morgan fingerprint density at radius 2 is 1.48 bits per heavy atom. The number of hydrogen-bond donors (Lipinski definition) is 0. The van der Waals surface area contributed by atoms with Gasteiger partial charge in [0.05, 0.1) is 11.7 Å². The van der Waals surface area contributed by atoms with Crippen molar-refractivity contribution in [1.29, 1.82) is 0 Å². The van der Waals surface area contributed by atoms with Crippen LogP contribution in [-0.2, 0) is 15.6 Å². The van der Waals surface area contributed by atoms with E-state index < -0.39 is 17.5 Å². The van der Waals surface area contributed by atoms with Crippen molar-refractivity contribution in [2.75, 3.05) is 7.11 Å². The van der Waals surface area contributed by atoms with Gasteiger partial charge in [0.1, 0.15) is 5.82 Å². The first-order valence-electron chi connectivity index (χ1n) is 8.64. The zero-order valence-electron chi connectivity index (χ0n) is 15.9. The molecule has 0 saturated heterocycles. The Morgan fingerprint density at radius 3 is 2.04 bits per heavy atom. The molecule has 0 atom stereocenters. The Kier molecular flexibility index (Phi) is 12.1. The maximum Gasteiger partial charge on any atom is 0.245 e. The van der Waals surface area contributed by atoms with Crippen LogP contribution in [-0.4, -0.2) is 29.3 Å². The van der Waals surface area contributed by atoms with Gasteiger partial charge in [0.15, 0.2) is 11.6 Å². The number of benzene rings is 1. The number of rotatable bonds is 9. The number of ether oxygens (including phenoxy) is 1. The van der Waals surface area contributed by atoms with Gasteiger partial charge in [-0.15, -0.1) is 0 Å². The van der Waals surface area contributed by atoms with Gasteiger partial charge in [0.25, 0.3) is 0 Å². The van der Waals surface area contributed by atoms with Crippen molar-refractivity contribution >= 4 is 10.5 Å². The molecule has 0 unspecified atom stereocenters. The SMILES string of the molecule is CC(C)OC(C)(C)CCCCCCc1cc(F)c(F)cc1F.CO[Si]. The second kappa shape index (κ2) is 12.5. The van der Waals surface area contributed by atoms with Crippen LogP contribution in [0.25, 0.3) is 0 Å². The second-order valence-corrected chi connectivity index (χ2v) is 7.31. The first kappa shape index (κ1) is 24.1. The topological polar surface area (TPSA) is 18.5 Å². The van der Waals surface area contributed by atoms with Crippen LogP contribution in [0.15, 0.2) is 12.1 Å². The van der Waals surface area contributed by atoms with Gasteiger partial charge in [0.2, 0.25) is 10.5 Å². The lowest BCUT2D eigenvalue weighted by Crippen LogP contribution is -2.27. The third-order valence-corrected chi connectivity index (χ3v) is 3.62. The summed E-state index contributed by atoms with van der Waals surface area (Å²) in [6.07, 6.45) is 5.41. The van der Waals surface area contributed by atoms with Crippen molar-refractivity contribution in [3.8, 4) is 0 Å². The van der Waals surface area contributed by atoms with Crippen LogP contribution in [0.5, 0.6) is 0 Å². The summed E-state index contributed by atoms with van der Waals surface area (Å²) in [6, 6.07) is 1.58. The Bertz CT molecular complexity index is 494. The number of aryl methyl sites for hydroxylation is 1. The third-order valence-electron chi connectivity index (χ3n) is 3.62. The van der Waals surface area contributed by atoms with Crippen LogP contribution in [0.4, 0.5) is 13.2 Å². The van der Waals surface area contributed by atoms with Crippen molar-refractivity contribution in [3.05, 3.63) is 35.1 Å². The van der Waals surface area contributed by atoms with Gasteiger partial charge in [-0.3, -0.25) is 0 Å². The van der Waals surface area contributed by atoms with Gasteiger partial charge in [0, 0.05) is 13.2 Å². The molecule has 0 aliphatic rings. The zero-order valence-corrected chi connectivity index (χ0v) is 16.9. The van der Waals surface area contributed by atoms with Crippen LogP contribution < -0.4 is 0 Å². The number of hydrogen-bond acceptors (Lipinski definition) is 2. The first-order chi connectivity index (χ1) is 11.6. The molecule has 1 aromatic carbocycles. The van der Waals surface area contributed by atoms with E-state index in [4.69, 9.17) is 4.74 Å². The Morgan fingerprint density at radius 1 is 0.960 bits per heavy atom. The molecule has 0 spiro atoms. The Labute approximate surface area is 153 Å². The summed E-state index contributed by atoms with van der Waals surface area (Å²) in [4.78, 5) is 0. The highest BCUT2D eigenvalue weighted by atomic mass is 28.2. The molecule has 6 heteroatoms. The molecule has 0 aromatic heterocycles. The van der Waals surface area contributed by atoms with Crippen LogP contribution >= 0.6 is 0 Å². The molecule has 143 valence electrons. The molecule has 0 aliphatic carbocycles. The van der Waals surface area contributed by atoms with Gasteiger partial charge in [-0.25, -0.2) is 13.2 Å². The van der Waals surface area contributed by atoms with Crippen LogP contribution in [0, 0.1) is 17.5 Å². The maximum atomic E-state index is 13.5. The molecule has 1 aromatic rings. The highest BCUT2D eigenvalue weighted by Gasteiger charge is 2.19. The standard InChI is InChI=1S/C18H27F3O.CH3OSi/c1-13(2)22-18(3,4)10-8-6-5-7-9-14-11-16(20)17(21)12-15(14)19;1-2-3/h11-13H,5-10H2,1-4H3;1H3. The molecule has 0 bridgehead atoms. The summed E-state index contributed by atoms with van der Waals surface area (Å²) in [6.45, 7) is 8.23. The smallest absolute Gasteiger partial charge is 0.245 e. The van der Waals surface area contributed by atoms with Crippen molar-refractivity contribution in [3.63, 3.8) is 0 Å². The average Bonchev–Trinajstić information content (AvgIpc) is 2.47. The van der Waals surface area contributed by atoms with E-state index in [0.717, 1.165) is 38.2 Å². The highest BCUT2D eigenvalue weighted by molar-refractivity contribution is 5.97. The summed E-state index contributed by atoms with van der Waals surface area (Å²) >= 11 is 0. The average molecular weight is 376 g/mol. The molecule has 2 nitrogen and oxygen atoms in total. The minimum atomic E-state index is -1.13. The third kappa shape index (κ3) is 11.4. The first-order valence-corrected chi connectivity index (χ1v) is 9.04. The van der Waals surface area contributed by atoms with E-state index in [1.165, 1.54) is 7.11 Å². The minimum absolute atomic E-state index is 0.125. The molecular formula is C19H30F3O2Si. The monoisotopic (exact) mass is 375 g/mol. The molecule has 0 aliphatic heterocycles. The zero-order chi connectivity index (χ0) is 19.5. The lowest BCUT2D eigenvalue weighted by molar-refractivity contribution is -0.0615. The van der Waals surface area contributed by atoms with Crippen molar-refractivity contribution in [2.45, 2.75) is 77.9 Å². The van der Waals surface area contributed by atoms with Crippen molar-refractivity contribution < 1.29 is 22.3 Å². The lowest BCUT2D eigenvalue weighted by atomic mass is 9.98. The largest absolute Gasteiger partial charge is 0.422 e. The summed E-state index contributed by atoms with van der Waals surface area (Å²) in [5.74, 6) is -2.78. The van der Waals surface area contributed by atoms with Crippen molar-refractivity contribution in [1.82, 2.24) is 0 Å². The molecule has 0 heterocycles. The summed E-state index contributed by atoms with van der Waals surface area (Å²) in [5, 5.41) is 0. The summed E-state index contributed by atoms with van der Waals surface area (Å²) < 4.78 is 49.2. The van der Waals surface area contributed by atoms with E-state index in [2.05, 4.69) is 28.8 Å². The van der Waals surface area contributed by atoms with Gasteiger partial charge >= 0.3 is 0 Å². The number of halogens is 3. The Hall–Kier alpha value is -0.853. The van der Waals surface area contributed by atoms with E-state index in [0.29, 0.717) is 12.5 Å². The molecule has 25 heavy (non-hydrogen) atoms. The fourth-order valence-corrected chi connectivity index (χ4v) is 2.67. The highest BCUT2D eigenvalue weighted by Crippen LogP contribution is 2.21. The van der Waals surface area contributed by atoms with E-state index in [-0.39, 0.29) is 17.3 Å². The molecule has 0 amide bonds. The molecule has 3 radical (unpaired) electrons. The summed E-state index contributed by atoms with van der Waals surface area (Å²) in [5.41, 5.74) is 0.128. The van der Waals surface area contributed by atoms with E-state index >= 15 is 0 Å². The predicted octanol–water partition coefficient (Wildman–Crippen LogP) is 5.52. The van der Waals surface area contributed by atoms with Crippen LogP contribution in [0.1, 0.15) is 65.4 Å². The second-order valence-electron chi connectivity index (χ2n) is 6.90. The summed E-state index contributed by atoms with van der Waals surface area (Å²) in [7, 11) is 4.22. The fourth-order valence-electron chi connectivity index (χ4n) is 2.67. The number of unbranched alkanes of at least 4 members (excludes halogenated alkanes) is 3. The molecule has 0 fully saturated rings.